The van der Waals surface area contributed by atoms with Gasteiger partial charge in [-0.3, -0.25) is 9.59 Å². The molecule has 0 aromatic carbocycles. The summed E-state index contributed by atoms with van der Waals surface area (Å²) in [7, 11) is 0. The standard InChI is InChI=1S/C69H119NO10/c1-4-7-10-13-16-19-22-25-27-28-29-30-31-32-33-34-35-37-38-41-44-47-50-53-56-62(73)68(77)70-60(61(72)55-52-49-46-43-40-24-21-18-15-12-9-6-3)59-78-69-67(66(76)65(75)63(58-71)79-69)80-64(74)57-54-51-48-45-42-39-36-26-23-20-17-14-11-8-5-2/h8,11,14,16-17,19-20,23,25,27,29-30,32-33,52,55,60-63,65-67,69,71-73,75-76H,4-7,9-10,12-13,15,18,21-22,24,26,28,31,34-51,53-54,56-59H2,1-3H3,(H,70,77)/b11-8+,17-14+,19-16-,23-20+,27-25-,30-29-,33-32-,55-52+. The Labute approximate surface area is 488 Å². The van der Waals surface area contributed by atoms with Crippen LogP contribution in [-0.2, 0) is 23.8 Å². The van der Waals surface area contributed by atoms with E-state index in [0.29, 0.717) is 12.8 Å². The van der Waals surface area contributed by atoms with Gasteiger partial charge in [-0.2, -0.15) is 0 Å². The van der Waals surface area contributed by atoms with Crippen molar-refractivity contribution in [1.82, 2.24) is 5.32 Å². The van der Waals surface area contributed by atoms with E-state index >= 15 is 0 Å². The van der Waals surface area contributed by atoms with Gasteiger partial charge >= 0.3 is 5.97 Å². The highest BCUT2D eigenvalue weighted by Gasteiger charge is 2.47. The second-order valence-electron chi connectivity index (χ2n) is 22.2. The zero-order valence-corrected chi connectivity index (χ0v) is 50.9. The molecule has 0 radical (unpaired) electrons. The first kappa shape index (κ1) is 74.6. The molecule has 11 nitrogen and oxygen atoms in total. The van der Waals surface area contributed by atoms with Crippen molar-refractivity contribution in [3.8, 4) is 0 Å². The van der Waals surface area contributed by atoms with Crippen LogP contribution < -0.4 is 5.32 Å². The molecule has 6 N–H and O–H groups in total. The van der Waals surface area contributed by atoms with Gasteiger partial charge < -0.3 is 45.1 Å². The maximum Gasteiger partial charge on any atom is 0.306 e. The first-order valence-corrected chi connectivity index (χ1v) is 32.5. The summed E-state index contributed by atoms with van der Waals surface area (Å²) in [6, 6.07) is -1.04. The Hall–Kier alpha value is -3.42. The average molecular weight is 1120 g/mol. The molecule has 1 aliphatic heterocycles. The molecule has 1 rings (SSSR count). The molecule has 0 aromatic rings. The molecule has 0 bridgehead atoms. The lowest BCUT2D eigenvalue weighted by molar-refractivity contribution is -0.305. The molecule has 1 fully saturated rings. The van der Waals surface area contributed by atoms with E-state index in [0.717, 1.165) is 116 Å². The maximum absolute atomic E-state index is 13.5. The molecule has 80 heavy (non-hydrogen) atoms. The molecule has 460 valence electrons. The number of amides is 1. The second kappa shape index (κ2) is 56.1. The number of hydrogen-bond acceptors (Lipinski definition) is 10. The van der Waals surface area contributed by atoms with Crippen LogP contribution in [0.1, 0.15) is 265 Å². The summed E-state index contributed by atoms with van der Waals surface area (Å²) in [5, 5.41) is 57.0. The van der Waals surface area contributed by atoms with Crippen molar-refractivity contribution < 1.29 is 49.3 Å². The molecule has 0 saturated carbocycles. The SMILES string of the molecule is CC/C=C/C=C/C=C/CCCCCCCCCC(=O)OC1C(OCC(NC(=O)C(O)CCCCCCCCCC/C=C\C/C=C\C/C=C\C/C=C\CCCCC)C(O)/C=C/CCCCCCCCCCCC)OC(CO)C(O)C1O. The number of carbonyl (C=O) groups is 2. The zero-order valence-electron chi connectivity index (χ0n) is 50.9. The van der Waals surface area contributed by atoms with Crippen molar-refractivity contribution in [3.63, 3.8) is 0 Å². The first-order valence-electron chi connectivity index (χ1n) is 32.5. The number of aliphatic hydroxyl groups is 5. The largest absolute Gasteiger partial charge is 0.454 e. The lowest BCUT2D eigenvalue weighted by atomic mass is 9.99. The molecular weight excluding hydrogens is 1000 g/mol. The summed E-state index contributed by atoms with van der Waals surface area (Å²) >= 11 is 0. The van der Waals surface area contributed by atoms with Gasteiger partial charge in [0.15, 0.2) is 12.4 Å². The third-order valence-corrected chi connectivity index (χ3v) is 14.8. The van der Waals surface area contributed by atoms with Crippen molar-refractivity contribution in [1.29, 1.82) is 0 Å². The second-order valence-corrected chi connectivity index (χ2v) is 22.2. The van der Waals surface area contributed by atoms with Gasteiger partial charge in [-0.05, 0) is 89.9 Å². The monoisotopic (exact) mass is 1120 g/mol. The van der Waals surface area contributed by atoms with E-state index in [-0.39, 0.29) is 19.4 Å². The first-order chi connectivity index (χ1) is 39.2. The topological polar surface area (TPSA) is 175 Å². The Morgan fingerprint density at radius 3 is 1.48 bits per heavy atom. The van der Waals surface area contributed by atoms with Gasteiger partial charge in [0.25, 0.3) is 0 Å². The highest BCUT2D eigenvalue weighted by molar-refractivity contribution is 5.80. The van der Waals surface area contributed by atoms with Gasteiger partial charge in [-0.1, -0.05) is 266 Å². The molecule has 8 unspecified atom stereocenters. The van der Waals surface area contributed by atoms with Gasteiger partial charge in [0.1, 0.15) is 24.4 Å². The van der Waals surface area contributed by atoms with Crippen LogP contribution >= 0.6 is 0 Å². The van der Waals surface area contributed by atoms with E-state index in [1.165, 1.54) is 103 Å². The maximum atomic E-state index is 13.5. The molecular formula is C69H119NO10. The Morgan fingerprint density at radius 1 is 0.512 bits per heavy atom. The molecule has 8 atom stereocenters. The molecule has 0 aliphatic carbocycles. The Kier molecular flexibility index (Phi) is 52.3. The molecule has 11 heteroatoms. The number of nitrogens with one attached hydrogen (secondary N) is 1. The number of aliphatic hydroxyl groups excluding tert-OH is 5. The summed E-state index contributed by atoms with van der Waals surface area (Å²) in [5.74, 6) is -1.22. The minimum atomic E-state index is -1.62. The highest BCUT2D eigenvalue weighted by Crippen LogP contribution is 2.26. The molecule has 1 heterocycles. The lowest BCUT2D eigenvalue weighted by Crippen LogP contribution is -2.61. The zero-order chi connectivity index (χ0) is 58.2. The van der Waals surface area contributed by atoms with Crippen LogP contribution in [0.5, 0.6) is 0 Å². The number of unbranched alkanes of at least 4 members (excludes halogenated alkanes) is 28. The molecule has 0 aromatic heterocycles. The Morgan fingerprint density at radius 2 is 0.950 bits per heavy atom. The van der Waals surface area contributed by atoms with E-state index < -0.39 is 67.4 Å². The van der Waals surface area contributed by atoms with Crippen LogP contribution in [0.25, 0.3) is 0 Å². The van der Waals surface area contributed by atoms with Gasteiger partial charge in [-0.25, -0.2) is 0 Å². The average Bonchev–Trinajstić information content (AvgIpc) is 3.48. The summed E-state index contributed by atoms with van der Waals surface area (Å²) in [5.41, 5.74) is 0. The fourth-order valence-corrected chi connectivity index (χ4v) is 9.63. The third-order valence-electron chi connectivity index (χ3n) is 14.8. The normalized spacial score (nSPS) is 19.4. The quantitative estimate of drug-likeness (QED) is 0.0149. The van der Waals surface area contributed by atoms with Crippen molar-refractivity contribution in [2.45, 2.75) is 314 Å². The number of hydrogen-bond donors (Lipinski definition) is 6. The molecule has 1 amide bonds. The minimum absolute atomic E-state index is 0.105. The number of rotatable bonds is 54. The van der Waals surface area contributed by atoms with E-state index in [2.05, 4.69) is 105 Å². The number of esters is 1. The van der Waals surface area contributed by atoms with Crippen LogP contribution in [0, 0.1) is 0 Å². The number of ether oxygens (including phenoxy) is 3. The van der Waals surface area contributed by atoms with E-state index in [4.69, 9.17) is 14.2 Å². The van der Waals surface area contributed by atoms with Gasteiger partial charge in [0.05, 0.1) is 25.4 Å². The molecule has 1 saturated heterocycles. The number of carbonyl (C=O) groups excluding carboxylic acids is 2. The molecule has 0 spiro atoms. The lowest BCUT2D eigenvalue weighted by Gasteiger charge is -2.41. The smallest absolute Gasteiger partial charge is 0.306 e. The van der Waals surface area contributed by atoms with E-state index in [9.17, 15) is 35.1 Å². The van der Waals surface area contributed by atoms with Crippen LogP contribution in [0.4, 0.5) is 0 Å². The fourth-order valence-electron chi connectivity index (χ4n) is 9.63. The van der Waals surface area contributed by atoms with Crippen molar-refractivity contribution in [2.24, 2.45) is 0 Å². The fraction of sp³-hybridized carbons (Fsp3) is 0.739. The van der Waals surface area contributed by atoms with E-state index in [1.54, 1.807) is 6.08 Å². The van der Waals surface area contributed by atoms with Crippen LogP contribution in [0.3, 0.4) is 0 Å². The predicted molar refractivity (Wildman–Crippen MR) is 333 cm³/mol. The van der Waals surface area contributed by atoms with Crippen molar-refractivity contribution in [3.05, 3.63) is 97.2 Å². The third kappa shape index (κ3) is 43.3. The van der Waals surface area contributed by atoms with Crippen LogP contribution in [-0.4, -0.2) is 99.6 Å². The molecule has 1 aliphatic rings. The summed E-state index contributed by atoms with van der Waals surface area (Å²) < 4.78 is 17.6. The number of allylic oxidation sites excluding steroid dienone is 15. The summed E-state index contributed by atoms with van der Waals surface area (Å²) in [6.45, 7) is 5.62. The van der Waals surface area contributed by atoms with Crippen molar-refractivity contribution >= 4 is 11.9 Å². The van der Waals surface area contributed by atoms with E-state index in [1.807, 2.05) is 12.2 Å². The predicted octanol–water partition coefficient (Wildman–Crippen LogP) is 15.9. The van der Waals surface area contributed by atoms with Crippen LogP contribution in [0.15, 0.2) is 97.2 Å². The van der Waals surface area contributed by atoms with Crippen LogP contribution in [0.2, 0.25) is 0 Å². The Bertz CT molecular complexity index is 1670. The van der Waals surface area contributed by atoms with Gasteiger partial charge in [0, 0.05) is 6.42 Å². The van der Waals surface area contributed by atoms with Gasteiger partial charge in [-0.15, -0.1) is 0 Å². The van der Waals surface area contributed by atoms with Crippen molar-refractivity contribution in [2.75, 3.05) is 13.2 Å². The van der Waals surface area contributed by atoms with Gasteiger partial charge in [0.2, 0.25) is 5.91 Å². The minimum Gasteiger partial charge on any atom is -0.454 e. The summed E-state index contributed by atoms with van der Waals surface area (Å²) in [4.78, 5) is 26.6. The Balaban J connectivity index is 2.64. The summed E-state index contributed by atoms with van der Waals surface area (Å²) in [6.07, 6.45) is 64.4. The highest BCUT2D eigenvalue weighted by atomic mass is 16.7.